The molecule has 0 saturated carbocycles. The van der Waals surface area contributed by atoms with Gasteiger partial charge in [-0.3, -0.25) is 4.79 Å². The standard InChI is InChI=1S/C15H15ClN2O4/c1-15(2,3)22-14(20)10-8-9(6-7-17-10)18-13(19)11-4-5-12(16)21-11/h4-8H,1-3H3,(H,17,18,19). The second-order valence-electron chi connectivity index (χ2n) is 5.49. The predicted molar refractivity (Wildman–Crippen MR) is 81.1 cm³/mol. The maximum atomic E-state index is 11.9. The van der Waals surface area contributed by atoms with Crippen LogP contribution in [0.15, 0.2) is 34.9 Å². The summed E-state index contributed by atoms with van der Waals surface area (Å²) >= 11 is 5.62. The minimum Gasteiger partial charge on any atom is -0.455 e. The number of furan rings is 1. The number of carbonyl (C=O) groups excluding carboxylic acids is 2. The fourth-order valence-corrected chi connectivity index (χ4v) is 1.73. The molecule has 0 spiro atoms. The first-order valence-electron chi connectivity index (χ1n) is 6.51. The molecule has 2 aromatic rings. The number of pyridine rings is 1. The zero-order chi connectivity index (χ0) is 16.3. The van der Waals surface area contributed by atoms with Gasteiger partial charge in [0.05, 0.1) is 0 Å². The Morgan fingerprint density at radius 1 is 1.27 bits per heavy atom. The van der Waals surface area contributed by atoms with E-state index in [1.807, 2.05) is 0 Å². The van der Waals surface area contributed by atoms with Gasteiger partial charge in [0.25, 0.3) is 5.91 Å². The lowest BCUT2D eigenvalue weighted by Gasteiger charge is -2.19. The van der Waals surface area contributed by atoms with Crippen molar-refractivity contribution in [2.24, 2.45) is 0 Å². The molecule has 0 aliphatic heterocycles. The Bertz CT molecular complexity index is 704. The Hall–Kier alpha value is -2.34. The van der Waals surface area contributed by atoms with Crippen molar-refractivity contribution < 1.29 is 18.7 Å². The number of amides is 1. The molecule has 7 heteroatoms. The largest absolute Gasteiger partial charge is 0.455 e. The number of anilines is 1. The fourth-order valence-electron chi connectivity index (χ4n) is 1.58. The van der Waals surface area contributed by atoms with E-state index in [1.54, 1.807) is 26.8 Å². The molecular weight excluding hydrogens is 308 g/mol. The summed E-state index contributed by atoms with van der Waals surface area (Å²) in [4.78, 5) is 27.8. The number of hydrogen-bond donors (Lipinski definition) is 1. The van der Waals surface area contributed by atoms with E-state index < -0.39 is 17.5 Å². The van der Waals surface area contributed by atoms with Crippen molar-refractivity contribution in [1.29, 1.82) is 0 Å². The van der Waals surface area contributed by atoms with E-state index in [1.165, 1.54) is 24.4 Å². The number of hydrogen-bond acceptors (Lipinski definition) is 5. The van der Waals surface area contributed by atoms with Gasteiger partial charge in [0.15, 0.2) is 11.0 Å². The Morgan fingerprint density at radius 3 is 2.59 bits per heavy atom. The molecule has 6 nitrogen and oxygen atoms in total. The smallest absolute Gasteiger partial charge is 0.357 e. The van der Waals surface area contributed by atoms with Crippen LogP contribution >= 0.6 is 11.6 Å². The summed E-state index contributed by atoms with van der Waals surface area (Å²) in [6.45, 7) is 5.28. The molecule has 2 aromatic heterocycles. The number of rotatable bonds is 3. The van der Waals surface area contributed by atoms with Crippen LogP contribution in [0.3, 0.4) is 0 Å². The third kappa shape index (κ3) is 4.33. The van der Waals surface area contributed by atoms with E-state index in [2.05, 4.69) is 10.3 Å². The summed E-state index contributed by atoms with van der Waals surface area (Å²) in [6.07, 6.45) is 1.41. The zero-order valence-corrected chi connectivity index (χ0v) is 13.1. The average Bonchev–Trinajstić information content (AvgIpc) is 2.84. The zero-order valence-electron chi connectivity index (χ0n) is 12.3. The topological polar surface area (TPSA) is 81.4 Å². The van der Waals surface area contributed by atoms with Gasteiger partial charge < -0.3 is 14.5 Å². The first kappa shape index (κ1) is 16.0. The molecular formula is C15H15ClN2O4. The first-order valence-corrected chi connectivity index (χ1v) is 6.88. The molecule has 0 saturated heterocycles. The SMILES string of the molecule is CC(C)(C)OC(=O)c1cc(NC(=O)c2ccc(Cl)o2)ccn1. The minimum absolute atomic E-state index is 0.0700. The van der Waals surface area contributed by atoms with E-state index in [0.717, 1.165) is 0 Å². The lowest BCUT2D eigenvalue weighted by molar-refractivity contribution is 0.00627. The van der Waals surface area contributed by atoms with Crippen molar-refractivity contribution in [3.8, 4) is 0 Å². The second kappa shape index (κ2) is 6.19. The van der Waals surface area contributed by atoms with Gasteiger partial charge in [0.1, 0.15) is 11.3 Å². The quantitative estimate of drug-likeness (QED) is 0.874. The van der Waals surface area contributed by atoms with Gasteiger partial charge in [-0.25, -0.2) is 9.78 Å². The highest BCUT2D eigenvalue weighted by Gasteiger charge is 2.19. The molecule has 1 amide bonds. The molecule has 0 atom stereocenters. The fraction of sp³-hybridized carbons (Fsp3) is 0.267. The molecule has 2 heterocycles. The summed E-state index contributed by atoms with van der Waals surface area (Å²) in [7, 11) is 0. The van der Waals surface area contributed by atoms with Crippen molar-refractivity contribution in [2.75, 3.05) is 5.32 Å². The molecule has 0 aliphatic carbocycles. The van der Waals surface area contributed by atoms with Gasteiger partial charge in [-0.2, -0.15) is 0 Å². The molecule has 1 N–H and O–H groups in total. The van der Waals surface area contributed by atoms with Crippen LogP contribution in [0.25, 0.3) is 0 Å². The molecule has 0 fully saturated rings. The lowest BCUT2D eigenvalue weighted by Crippen LogP contribution is -2.24. The molecule has 116 valence electrons. The number of ether oxygens (including phenoxy) is 1. The van der Waals surface area contributed by atoms with Crippen molar-refractivity contribution >= 4 is 29.2 Å². The third-order valence-corrected chi connectivity index (χ3v) is 2.63. The maximum Gasteiger partial charge on any atom is 0.357 e. The van der Waals surface area contributed by atoms with E-state index in [0.29, 0.717) is 5.69 Å². The van der Waals surface area contributed by atoms with Crippen LogP contribution in [0, 0.1) is 0 Å². The third-order valence-electron chi connectivity index (χ3n) is 2.42. The summed E-state index contributed by atoms with van der Waals surface area (Å²) in [5.41, 5.74) is -0.123. The van der Waals surface area contributed by atoms with Crippen LogP contribution in [0.4, 0.5) is 5.69 Å². The minimum atomic E-state index is -0.622. The molecule has 22 heavy (non-hydrogen) atoms. The number of nitrogens with one attached hydrogen (secondary N) is 1. The van der Waals surface area contributed by atoms with Crippen LogP contribution in [0.5, 0.6) is 0 Å². The molecule has 0 bridgehead atoms. The van der Waals surface area contributed by atoms with Crippen LogP contribution in [0.2, 0.25) is 5.22 Å². The highest BCUT2D eigenvalue weighted by atomic mass is 35.5. The van der Waals surface area contributed by atoms with Crippen LogP contribution in [-0.2, 0) is 4.74 Å². The Kier molecular flexibility index (Phi) is 4.51. The van der Waals surface area contributed by atoms with Crippen LogP contribution < -0.4 is 5.32 Å². The summed E-state index contributed by atoms with van der Waals surface area (Å²) in [5.74, 6) is -0.974. The van der Waals surface area contributed by atoms with E-state index in [-0.39, 0.29) is 16.7 Å². The van der Waals surface area contributed by atoms with Gasteiger partial charge in [0, 0.05) is 11.9 Å². The number of halogens is 1. The van der Waals surface area contributed by atoms with Gasteiger partial charge >= 0.3 is 5.97 Å². The van der Waals surface area contributed by atoms with E-state index in [9.17, 15) is 9.59 Å². The van der Waals surface area contributed by atoms with Gasteiger partial charge in [0.2, 0.25) is 0 Å². The van der Waals surface area contributed by atoms with Gasteiger partial charge in [-0.05, 0) is 56.6 Å². The average molecular weight is 323 g/mol. The second-order valence-corrected chi connectivity index (χ2v) is 5.86. The monoisotopic (exact) mass is 322 g/mol. The lowest BCUT2D eigenvalue weighted by atomic mass is 10.2. The van der Waals surface area contributed by atoms with E-state index in [4.69, 9.17) is 20.8 Å². The summed E-state index contributed by atoms with van der Waals surface area (Å²) < 4.78 is 10.2. The highest BCUT2D eigenvalue weighted by molar-refractivity contribution is 6.29. The first-order chi connectivity index (χ1) is 10.2. The number of carbonyl (C=O) groups is 2. The van der Waals surface area contributed by atoms with Gasteiger partial charge in [-0.1, -0.05) is 0 Å². The predicted octanol–water partition coefficient (Wildman–Crippen LogP) is 3.54. The Labute approximate surface area is 132 Å². The maximum absolute atomic E-state index is 11.9. The number of aromatic nitrogens is 1. The highest BCUT2D eigenvalue weighted by Crippen LogP contribution is 2.17. The summed E-state index contributed by atoms with van der Waals surface area (Å²) in [6, 6.07) is 5.90. The molecule has 2 rings (SSSR count). The normalized spacial score (nSPS) is 11.1. The van der Waals surface area contributed by atoms with Crippen LogP contribution in [0.1, 0.15) is 41.8 Å². The van der Waals surface area contributed by atoms with Crippen molar-refractivity contribution in [1.82, 2.24) is 4.98 Å². The molecule has 0 aromatic carbocycles. The Morgan fingerprint density at radius 2 is 2.00 bits per heavy atom. The summed E-state index contributed by atoms with van der Waals surface area (Å²) in [5, 5.41) is 2.71. The van der Waals surface area contributed by atoms with Gasteiger partial charge in [-0.15, -0.1) is 0 Å². The number of esters is 1. The van der Waals surface area contributed by atoms with E-state index >= 15 is 0 Å². The van der Waals surface area contributed by atoms with Crippen molar-refractivity contribution in [3.05, 3.63) is 47.1 Å². The molecule has 0 radical (unpaired) electrons. The Balaban J connectivity index is 2.11. The van der Waals surface area contributed by atoms with Crippen molar-refractivity contribution in [2.45, 2.75) is 26.4 Å². The van der Waals surface area contributed by atoms with Crippen LogP contribution in [-0.4, -0.2) is 22.5 Å². The van der Waals surface area contributed by atoms with Crippen molar-refractivity contribution in [3.63, 3.8) is 0 Å². The molecule has 0 unspecified atom stereocenters. The number of nitrogens with zero attached hydrogens (tertiary/aromatic N) is 1. The molecule has 0 aliphatic rings.